The van der Waals surface area contributed by atoms with Gasteiger partial charge in [-0.25, -0.2) is 0 Å². The van der Waals surface area contributed by atoms with Crippen LogP contribution in [-0.4, -0.2) is 75.5 Å². The van der Waals surface area contributed by atoms with Gasteiger partial charge in [-0.3, -0.25) is 9.80 Å². The zero-order chi connectivity index (χ0) is 26.9. The Balaban J connectivity index is 1.22. The van der Waals surface area contributed by atoms with Crippen molar-refractivity contribution in [3.8, 4) is 11.1 Å². The molecule has 5 rings (SSSR count). The summed E-state index contributed by atoms with van der Waals surface area (Å²) < 4.78 is 11.0. The number of nitrogens with zero attached hydrogens (tertiary/aromatic N) is 2. The molecule has 39 heavy (non-hydrogen) atoms. The molecule has 2 aromatic rings. The van der Waals surface area contributed by atoms with Crippen LogP contribution in [0, 0.1) is 13.8 Å². The van der Waals surface area contributed by atoms with Crippen molar-refractivity contribution in [2.45, 2.75) is 83.5 Å². The van der Waals surface area contributed by atoms with E-state index in [0.29, 0.717) is 0 Å². The highest BCUT2D eigenvalue weighted by Crippen LogP contribution is 2.54. The van der Waals surface area contributed by atoms with Crippen LogP contribution in [0.3, 0.4) is 0 Å². The number of aryl methyl sites for hydroxylation is 2. The van der Waals surface area contributed by atoms with Gasteiger partial charge in [0.1, 0.15) is 0 Å². The molecule has 4 heteroatoms. The molecule has 0 N–H and O–H groups in total. The minimum Gasteiger partial charge on any atom is -0.379 e. The van der Waals surface area contributed by atoms with Gasteiger partial charge in [0.2, 0.25) is 0 Å². The van der Waals surface area contributed by atoms with E-state index in [9.17, 15) is 0 Å². The Labute approximate surface area is 238 Å². The van der Waals surface area contributed by atoms with E-state index in [4.69, 9.17) is 9.47 Å². The van der Waals surface area contributed by atoms with E-state index in [1.54, 1.807) is 11.1 Å². The first-order chi connectivity index (χ1) is 19.2. The molecule has 0 aromatic heterocycles. The van der Waals surface area contributed by atoms with Gasteiger partial charge in [0, 0.05) is 31.6 Å². The SMILES string of the molecule is Cc1ccc2c(c1)C(CCCCCCN1CCOCC1)(CCCCCCN1CCOCC1)c1cc(C)ccc1-2. The number of benzene rings is 2. The van der Waals surface area contributed by atoms with Crippen LogP contribution in [0.4, 0.5) is 0 Å². The number of morpholine rings is 2. The molecule has 4 nitrogen and oxygen atoms in total. The summed E-state index contributed by atoms with van der Waals surface area (Å²) in [6, 6.07) is 14.5. The fourth-order valence-electron chi connectivity index (χ4n) is 7.27. The van der Waals surface area contributed by atoms with Crippen molar-refractivity contribution in [3.05, 3.63) is 58.7 Å². The average molecular weight is 533 g/mol. The van der Waals surface area contributed by atoms with E-state index in [2.05, 4.69) is 60.0 Å². The lowest BCUT2D eigenvalue weighted by Crippen LogP contribution is -2.36. The largest absolute Gasteiger partial charge is 0.379 e. The lowest BCUT2D eigenvalue weighted by molar-refractivity contribution is 0.0371. The molecule has 0 saturated carbocycles. The minimum atomic E-state index is 0.178. The van der Waals surface area contributed by atoms with Crippen molar-refractivity contribution in [1.82, 2.24) is 9.80 Å². The van der Waals surface area contributed by atoms with Crippen molar-refractivity contribution >= 4 is 0 Å². The van der Waals surface area contributed by atoms with Crippen LogP contribution in [0.5, 0.6) is 0 Å². The number of unbranched alkanes of at least 4 members (excludes halogenated alkanes) is 6. The summed E-state index contributed by atoms with van der Waals surface area (Å²) in [7, 11) is 0. The van der Waals surface area contributed by atoms with E-state index < -0.39 is 0 Å². The topological polar surface area (TPSA) is 24.9 Å². The van der Waals surface area contributed by atoms with Crippen LogP contribution in [0.15, 0.2) is 36.4 Å². The fraction of sp³-hybridized carbons (Fsp3) is 0.657. The summed E-state index contributed by atoms with van der Waals surface area (Å²) in [6.07, 6.45) is 13.2. The third-order valence-corrected chi connectivity index (χ3v) is 9.53. The maximum absolute atomic E-state index is 5.52. The molecule has 214 valence electrons. The van der Waals surface area contributed by atoms with Crippen LogP contribution >= 0.6 is 0 Å². The molecule has 0 bridgehead atoms. The second-order valence-corrected chi connectivity index (χ2v) is 12.4. The third-order valence-electron chi connectivity index (χ3n) is 9.53. The predicted molar refractivity (Wildman–Crippen MR) is 163 cm³/mol. The second kappa shape index (κ2) is 14.3. The number of ether oxygens (including phenoxy) is 2. The van der Waals surface area contributed by atoms with Crippen LogP contribution in [0.2, 0.25) is 0 Å². The predicted octanol–water partition coefficient (Wildman–Crippen LogP) is 7.14. The Morgan fingerprint density at radius 1 is 0.564 bits per heavy atom. The highest BCUT2D eigenvalue weighted by atomic mass is 16.5. The number of hydrogen-bond donors (Lipinski definition) is 0. The lowest BCUT2D eigenvalue weighted by Gasteiger charge is -2.33. The standard InChI is InChI=1S/C35H52N2O2/c1-29-11-13-31-32-14-12-30(2)28-34(32)35(33(31)27-29,15-7-3-5-9-17-36-19-23-38-24-20-36)16-8-4-6-10-18-37-21-25-39-26-22-37/h11-14,27-28H,3-10,15-26H2,1-2H3. The Morgan fingerprint density at radius 3 is 1.41 bits per heavy atom. The lowest BCUT2D eigenvalue weighted by atomic mass is 9.70. The van der Waals surface area contributed by atoms with Crippen LogP contribution in [0.1, 0.15) is 86.5 Å². The molecule has 2 aromatic carbocycles. The van der Waals surface area contributed by atoms with Gasteiger partial charge in [-0.1, -0.05) is 86.1 Å². The fourth-order valence-corrected chi connectivity index (χ4v) is 7.27. The van der Waals surface area contributed by atoms with Gasteiger partial charge in [0.15, 0.2) is 0 Å². The summed E-state index contributed by atoms with van der Waals surface area (Å²) in [5, 5.41) is 0. The molecule has 2 heterocycles. The molecule has 0 amide bonds. The van der Waals surface area contributed by atoms with E-state index >= 15 is 0 Å². The smallest absolute Gasteiger partial charge is 0.0594 e. The quantitative estimate of drug-likeness (QED) is 0.242. The summed E-state index contributed by atoms with van der Waals surface area (Å²) in [5.41, 5.74) is 9.20. The maximum atomic E-state index is 5.52. The van der Waals surface area contributed by atoms with Crippen molar-refractivity contribution in [2.75, 3.05) is 65.7 Å². The van der Waals surface area contributed by atoms with Gasteiger partial charge in [-0.15, -0.1) is 0 Å². The molecule has 3 aliphatic rings. The van der Waals surface area contributed by atoms with Crippen molar-refractivity contribution in [2.24, 2.45) is 0 Å². The van der Waals surface area contributed by atoms with Gasteiger partial charge in [-0.2, -0.15) is 0 Å². The highest BCUT2D eigenvalue weighted by molar-refractivity contribution is 5.81. The first-order valence-corrected chi connectivity index (χ1v) is 16.0. The van der Waals surface area contributed by atoms with Crippen molar-refractivity contribution < 1.29 is 9.47 Å². The Kier molecular flexibility index (Phi) is 10.5. The first-order valence-electron chi connectivity index (χ1n) is 16.0. The van der Waals surface area contributed by atoms with E-state index in [1.165, 1.54) is 99.6 Å². The maximum Gasteiger partial charge on any atom is 0.0594 e. The third kappa shape index (κ3) is 7.33. The van der Waals surface area contributed by atoms with Crippen molar-refractivity contribution in [1.29, 1.82) is 0 Å². The Morgan fingerprint density at radius 2 is 0.974 bits per heavy atom. The zero-order valence-electron chi connectivity index (χ0n) is 24.8. The molecule has 2 saturated heterocycles. The van der Waals surface area contributed by atoms with Crippen LogP contribution in [-0.2, 0) is 14.9 Å². The second-order valence-electron chi connectivity index (χ2n) is 12.4. The molecule has 1 aliphatic carbocycles. The van der Waals surface area contributed by atoms with Gasteiger partial charge in [-0.05, 0) is 74.9 Å². The van der Waals surface area contributed by atoms with Crippen LogP contribution < -0.4 is 0 Å². The number of hydrogen-bond acceptors (Lipinski definition) is 4. The minimum absolute atomic E-state index is 0.178. The van der Waals surface area contributed by atoms with Gasteiger partial charge >= 0.3 is 0 Å². The monoisotopic (exact) mass is 532 g/mol. The highest BCUT2D eigenvalue weighted by Gasteiger charge is 2.42. The van der Waals surface area contributed by atoms with Gasteiger partial charge in [0.25, 0.3) is 0 Å². The van der Waals surface area contributed by atoms with Crippen LogP contribution in [0.25, 0.3) is 11.1 Å². The molecule has 0 unspecified atom stereocenters. The van der Waals surface area contributed by atoms with E-state index in [0.717, 1.165) is 52.6 Å². The normalized spacial score (nSPS) is 19.2. The molecule has 2 fully saturated rings. The molecule has 0 atom stereocenters. The average Bonchev–Trinajstić information content (AvgIpc) is 3.21. The Bertz CT molecular complexity index is 955. The van der Waals surface area contributed by atoms with Crippen molar-refractivity contribution in [3.63, 3.8) is 0 Å². The zero-order valence-corrected chi connectivity index (χ0v) is 24.8. The molecule has 2 aliphatic heterocycles. The summed E-state index contributed by atoms with van der Waals surface area (Å²) in [6.45, 7) is 15.1. The first kappa shape index (κ1) is 28.8. The molecular formula is C35H52N2O2. The summed E-state index contributed by atoms with van der Waals surface area (Å²) in [5.74, 6) is 0. The van der Waals surface area contributed by atoms with Gasteiger partial charge < -0.3 is 9.47 Å². The molecular weight excluding hydrogens is 480 g/mol. The van der Waals surface area contributed by atoms with E-state index in [-0.39, 0.29) is 5.41 Å². The summed E-state index contributed by atoms with van der Waals surface area (Å²) >= 11 is 0. The number of rotatable bonds is 14. The molecule has 0 radical (unpaired) electrons. The summed E-state index contributed by atoms with van der Waals surface area (Å²) in [4.78, 5) is 5.16. The van der Waals surface area contributed by atoms with Gasteiger partial charge in [0.05, 0.1) is 26.4 Å². The molecule has 0 spiro atoms. The Hall–Kier alpha value is -1.72. The number of fused-ring (bicyclic) bond motifs is 3. The van der Waals surface area contributed by atoms with E-state index in [1.807, 2.05) is 0 Å².